The highest BCUT2D eigenvalue weighted by Crippen LogP contribution is 2.21. The fourth-order valence-corrected chi connectivity index (χ4v) is 1.74. The third kappa shape index (κ3) is 2.78. The van der Waals surface area contributed by atoms with Gasteiger partial charge in [-0.2, -0.15) is 4.98 Å². The monoisotopic (exact) mass is 226 g/mol. The fraction of sp³-hybridized carbons (Fsp3) is 0.800. The van der Waals surface area contributed by atoms with Crippen molar-refractivity contribution in [2.24, 2.45) is 0 Å². The van der Waals surface area contributed by atoms with Crippen molar-refractivity contribution in [2.45, 2.75) is 25.0 Å². The van der Waals surface area contributed by atoms with Crippen molar-refractivity contribution in [1.29, 1.82) is 0 Å². The predicted molar refractivity (Wildman–Crippen MR) is 57.9 cm³/mol. The van der Waals surface area contributed by atoms with Gasteiger partial charge in [0, 0.05) is 19.5 Å². The molecule has 0 aromatic carbocycles. The summed E-state index contributed by atoms with van der Waals surface area (Å²) in [5, 5.41) is 16.5. The van der Waals surface area contributed by atoms with Crippen LogP contribution in [0.5, 0.6) is 0 Å². The molecule has 90 valence electrons. The Morgan fingerprint density at radius 1 is 1.56 bits per heavy atom. The minimum absolute atomic E-state index is 0.00982. The molecule has 0 radical (unpaired) electrons. The molecule has 0 unspecified atom stereocenters. The molecule has 1 aliphatic rings. The summed E-state index contributed by atoms with van der Waals surface area (Å²) in [5.41, 5.74) is 0. The average molecular weight is 226 g/mol. The molecule has 1 aliphatic heterocycles. The molecular weight excluding hydrogens is 208 g/mol. The molecule has 6 heteroatoms. The van der Waals surface area contributed by atoms with Crippen molar-refractivity contribution in [3.63, 3.8) is 0 Å². The van der Waals surface area contributed by atoms with E-state index in [9.17, 15) is 5.11 Å². The van der Waals surface area contributed by atoms with Crippen molar-refractivity contribution in [2.75, 3.05) is 27.2 Å². The summed E-state index contributed by atoms with van der Waals surface area (Å²) in [7, 11) is 4.02. The summed E-state index contributed by atoms with van der Waals surface area (Å²) in [6, 6.07) is 0.00982. The number of rotatable bonds is 4. The molecule has 1 aromatic heterocycles. The largest absolute Gasteiger partial charge is 0.392 e. The molecule has 0 bridgehead atoms. The maximum Gasteiger partial charge on any atom is 0.243 e. The summed E-state index contributed by atoms with van der Waals surface area (Å²) in [6.07, 6.45) is 1.13. The average Bonchev–Trinajstić information content (AvgIpc) is 2.83. The highest BCUT2D eigenvalue weighted by molar-refractivity contribution is 4.97. The van der Waals surface area contributed by atoms with Crippen molar-refractivity contribution in [1.82, 2.24) is 20.4 Å². The van der Waals surface area contributed by atoms with E-state index in [4.69, 9.17) is 4.52 Å². The van der Waals surface area contributed by atoms with Crippen LogP contribution in [0, 0.1) is 0 Å². The SMILES string of the molecule is CN(C)CCc1noc([C@@H]2C[C@@H](O)CN2)n1. The quantitative estimate of drug-likeness (QED) is 0.725. The number of β-amino-alcohol motifs (C(OH)–C–C–N with tert-alkyl or cyclic N) is 1. The van der Waals surface area contributed by atoms with E-state index in [2.05, 4.69) is 20.4 Å². The first-order valence-electron chi connectivity index (χ1n) is 5.54. The smallest absolute Gasteiger partial charge is 0.243 e. The van der Waals surface area contributed by atoms with Gasteiger partial charge in [0.1, 0.15) is 0 Å². The summed E-state index contributed by atoms with van der Waals surface area (Å²) < 4.78 is 5.18. The van der Waals surface area contributed by atoms with Gasteiger partial charge < -0.3 is 19.8 Å². The number of aliphatic hydroxyl groups excluding tert-OH is 1. The molecule has 2 N–H and O–H groups in total. The van der Waals surface area contributed by atoms with Crippen LogP contribution >= 0.6 is 0 Å². The number of nitrogens with zero attached hydrogens (tertiary/aromatic N) is 3. The molecular formula is C10H18N4O2. The van der Waals surface area contributed by atoms with E-state index in [0.29, 0.717) is 18.9 Å². The second kappa shape index (κ2) is 4.90. The normalized spacial score (nSPS) is 25.5. The Kier molecular flexibility index (Phi) is 3.52. The molecule has 2 atom stereocenters. The van der Waals surface area contributed by atoms with Crippen LogP contribution in [0.2, 0.25) is 0 Å². The van der Waals surface area contributed by atoms with Gasteiger partial charge in [0.05, 0.1) is 12.1 Å². The molecule has 1 saturated heterocycles. The lowest BCUT2D eigenvalue weighted by Crippen LogP contribution is -2.16. The second-order valence-electron chi connectivity index (χ2n) is 4.45. The van der Waals surface area contributed by atoms with Gasteiger partial charge in [-0.15, -0.1) is 0 Å². The van der Waals surface area contributed by atoms with E-state index in [1.54, 1.807) is 0 Å². The zero-order valence-corrected chi connectivity index (χ0v) is 9.68. The van der Waals surface area contributed by atoms with E-state index < -0.39 is 0 Å². The summed E-state index contributed by atoms with van der Waals surface area (Å²) in [5.74, 6) is 1.32. The zero-order chi connectivity index (χ0) is 11.5. The van der Waals surface area contributed by atoms with Crippen molar-refractivity contribution >= 4 is 0 Å². The van der Waals surface area contributed by atoms with Gasteiger partial charge in [-0.25, -0.2) is 0 Å². The van der Waals surface area contributed by atoms with Crippen molar-refractivity contribution < 1.29 is 9.63 Å². The molecule has 0 spiro atoms. The lowest BCUT2D eigenvalue weighted by Gasteiger charge is -2.05. The third-order valence-electron chi connectivity index (χ3n) is 2.67. The molecule has 16 heavy (non-hydrogen) atoms. The highest BCUT2D eigenvalue weighted by atomic mass is 16.5. The van der Waals surface area contributed by atoms with Gasteiger partial charge in [-0.1, -0.05) is 5.16 Å². The number of nitrogens with one attached hydrogen (secondary N) is 1. The van der Waals surface area contributed by atoms with Crippen molar-refractivity contribution in [3.8, 4) is 0 Å². The molecule has 1 fully saturated rings. The minimum Gasteiger partial charge on any atom is -0.392 e. The number of likely N-dealkylation sites (N-methyl/N-ethyl adjacent to an activating group) is 1. The second-order valence-corrected chi connectivity index (χ2v) is 4.45. The molecule has 1 aromatic rings. The standard InChI is InChI=1S/C10H18N4O2/c1-14(2)4-3-9-12-10(16-13-9)8-5-7(15)6-11-8/h7-8,11,15H,3-6H2,1-2H3/t7-,8+/m1/s1. The summed E-state index contributed by atoms with van der Waals surface area (Å²) in [6.45, 7) is 1.50. The van der Waals surface area contributed by atoms with Crippen LogP contribution in [0.1, 0.15) is 24.2 Å². The van der Waals surface area contributed by atoms with E-state index in [0.717, 1.165) is 18.8 Å². The number of aromatic nitrogens is 2. The van der Waals surface area contributed by atoms with Gasteiger partial charge in [0.15, 0.2) is 5.82 Å². The first kappa shape index (κ1) is 11.5. The first-order valence-corrected chi connectivity index (χ1v) is 5.54. The molecule has 2 heterocycles. The van der Waals surface area contributed by atoms with E-state index in [1.165, 1.54) is 0 Å². The van der Waals surface area contributed by atoms with Crippen LogP contribution in [0.15, 0.2) is 4.52 Å². The highest BCUT2D eigenvalue weighted by Gasteiger charge is 2.27. The number of hydrogen-bond donors (Lipinski definition) is 2. The Morgan fingerprint density at radius 2 is 2.38 bits per heavy atom. The van der Waals surface area contributed by atoms with Crippen LogP contribution in [0.4, 0.5) is 0 Å². The Bertz CT molecular complexity index is 339. The molecule has 0 saturated carbocycles. The predicted octanol–water partition coefficient (Wildman–Crippen LogP) is -0.431. The Balaban J connectivity index is 1.91. The fourth-order valence-electron chi connectivity index (χ4n) is 1.74. The van der Waals surface area contributed by atoms with Gasteiger partial charge >= 0.3 is 0 Å². The van der Waals surface area contributed by atoms with Crippen LogP contribution in [0.25, 0.3) is 0 Å². The van der Waals surface area contributed by atoms with Crippen molar-refractivity contribution in [3.05, 3.63) is 11.7 Å². The zero-order valence-electron chi connectivity index (χ0n) is 9.68. The first-order chi connectivity index (χ1) is 7.65. The Morgan fingerprint density at radius 3 is 3.00 bits per heavy atom. The minimum atomic E-state index is -0.304. The Hall–Kier alpha value is -0.980. The van der Waals surface area contributed by atoms with Crippen LogP contribution in [-0.2, 0) is 6.42 Å². The Labute approximate surface area is 94.6 Å². The number of aliphatic hydroxyl groups is 1. The number of hydrogen-bond acceptors (Lipinski definition) is 6. The molecule has 2 rings (SSSR count). The lowest BCUT2D eigenvalue weighted by molar-refractivity contribution is 0.191. The van der Waals surface area contributed by atoms with Crippen LogP contribution in [-0.4, -0.2) is 53.4 Å². The van der Waals surface area contributed by atoms with Gasteiger partial charge in [-0.3, -0.25) is 0 Å². The van der Waals surface area contributed by atoms with E-state index in [-0.39, 0.29) is 12.1 Å². The summed E-state index contributed by atoms with van der Waals surface area (Å²) >= 11 is 0. The van der Waals surface area contributed by atoms with Gasteiger partial charge in [-0.05, 0) is 20.5 Å². The van der Waals surface area contributed by atoms with Crippen LogP contribution < -0.4 is 5.32 Å². The molecule has 6 nitrogen and oxygen atoms in total. The van der Waals surface area contributed by atoms with E-state index >= 15 is 0 Å². The lowest BCUT2D eigenvalue weighted by atomic mass is 10.2. The van der Waals surface area contributed by atoms with E-state index in [1.807, 2.05) is 14.1 Å². The maximum atomic E-state index is 9.38. The third-order valence-corrected chi connectivity index (χ3v) is 2.67. The van der Waals surface area contributed by atoms with Gasteiger partial charge in [0.2, 0.25) is 5.89 Å². The maximum absolute atomic E-state index is 9.38. The molecule has 0 amide bonds. The topological polar surface area (TPSA) is 74.4 Å². The van der Waals surface area contributed by atoms with Crippen LogP contribution in [0.3, 0.4) is 0 Å². The van der Waals surface area contributed by atoms with Gasteiger partial charge in [0.25, 0.3) is 0 Å². The summed E-state index contributed by atoms with van der Waals surface area (Å²) in [4.78, 5) is 6.40. The molecule has 0 aliphatic carbocycles.